The third-order valence-electron chi connectivity index (χ3n) is 4.80. The maximum atomic E-state index is 13.0. The Morgan fingerprint density at radius 1 is 1.10 bits per heavy atom. The van der Waals surface area contributed by atoms with Crippen LogP contribution in [0.4, 0.5) is 14.9 Å². The molecule has 1 N–H and O–H groups in total. The van der Waals surface area contributed by atoms with Gasteiger partial charge in [0.05, 0.1) is 13.2 Å². The van der Waals surface area contributed by atoms with E-state index in [0.29, 0.717) is 38.5 Å². The molecule has 0 spiro atoms. The van der Waals surface area contributed by atoms with Crippen molar-refractivity contribution in [1.82, 2.24) is 14.7 Å². The SMILES string of the molecule is CCOC(=O)N1CCN(CC(=O)N(CC(=O)Nc2ccc(F)cc2)C(C)(C)C)CC1. The molecule has 1 fully saturated rings. The summed E-state index contributed by atoms with van der Waals surface area (Å²) >= 11 is 0. The van der Waals surface area contributed by atoms with Gasteiger partial charge in [-0.05, 0) is 52.0 Å². The van der Waals surface area contributed by atoms with Gasteiger partial charge in [0.2, 0.25) is 11.8 Å². The predicted molar refractivity (Wildman–Crippen MR) is 112 cm³/mol. The molecule has 0 saturated carbocycles. The largest absolute Gasteiger partial charge is 0.450 e. The van der Waals surface area contributed by atoms with Gasteiger partial charge in [-0.2, -0.15) is 0 Å². The summed E-state index contributed by atoms with van der Waals surface area (Å²) in [5.74, 6) is -0.902. The van der Waals surface area contributed by atoms with Gasteiger partial charge in [-0.1, -0.05) is 0 Å². The minimum absolute atomic E-state index is 0.109. The number of carbonyl (C=O) groups is 3. The molecule has 0 aromatic heterocycles. The zero-order valence-electron chi connectivity index (χ0n) is 18.1. The molecule has 8 nitrogen and oxygen atoms in total. The van der Waals surface area contributed by atoms with E-state index in [1.54, 1.807) is 11.8 Å². The smallest absolute Gasteiger partial charge is 0.409 e. The molecule has 1 aromatic carbocycles. The van der Waals surface area contributed by atoms with Crippen LogP contribution in [0.3, 0.4) is 0 Å². The van der Waals surface area contributed by atoms with Crippen LogP contribution in [0.2, 0.25) is 0 Å². The second-order valence-corrected chi connectivity index (χ2v) is 8.17. The normalized spacial score (nSPS) is 14.9. The van der Waals surface area contributed by atoms with Crippen LogP contribution in [0.1, 0.15) is 27.7 Å². The molecule has 1 heterocycles. The van der Waals surface area contributed by atoms with Crippen molar-refractivity contribution in [2.24, 2.45) is 0 Å². The van der Waals surface area contributed by atoms with Crippen LogP contribution in [0.25, 0.3) is 0 Å². The topological polar surface area (TPSA) is 82.2 Å². The summed E-state index contributed by atoms with van der Waals surface area (Å²) in [5, 5.41) is 2.69. The second-order valence-electron chi connectivity index (χ2n) is 8.17. The van der Waals surface area contributed by atoms with Gasteiger partial charge < -0.3 is 19.9 Å². The number of halogens is 1. The first kappa shape index (κ1) is 23.6. The van der Waals surface area contributed by atoms with Gasteiger partial charge in [0.15, 0.2) is 0 Å². The third kappa shape index (κ3) is 6.98. The molecule has 2 rings (SSSR count). The van der Waals surface area contributed by atoms with Gasteiger partial charge in [-0.25, -0.2) is 9.18 Å². The maximum absolute atomic E-state index is 13.0. The van der Waals surface area contributed by atoms with Crippen molar-refractivity contribution in [3.63, 3.8) is 0 Å². The molecule has 0 radical (unpaired) electrons. The summed E-state index contributed by atoms with van der Waals surface area (Å²) in [6.07, 6.45) is -0.336. The predicted octanol–water partition coefficient (Wildman–Crippen LogP) is 2.17. The first-order valence-corrected chi connectivity index (χ1v) is 10.1. The van der Waals surface area contributed by atoms with Gasteiger partial charge in [0.25, 0.3) is 0 Å². The van der Waals surface area contributed by atoms with Gasteiger partial charge in [0, 0.05) is 37.4 Å². The average molecular weight is 423 g/mol. The van der Waals surface area contributed by atoms with Crippen LogP contribution in [-0.2, 0) is 14.3 Å². The Labute approximate surface area is 176 Å². The molecular weight excluding hydrogens is 391 g/mol. The maximum Gasteiger partial charge on any atom is 0.409 e. The van der Waals surface area contributed by atoms with E-state index < -0.39 is 5.54 Å². The van der Waals surface area contributed by atoms with Crippen molar-refractivity contribution in [2.45, 2.75) is 33.2 Å². The fourth-order valence-corrected chi connectivity index (χ4v) is 3.16. The van der Waals surface area contributed by atoms with Crippen molar-refractivity contribution >= 4 is 23.6 Å². The molecule has 3 amide bonds. The highest BCUT2D eigenvalue weighted by Crippen LogP contribution is 2.16. The van der Waals surface area contributed by atoms with Crippen molar-refractivity contribution in [3.05, 3.63) is 30.1 Å². The summed E-state index contributed by atoms with van der Waals surface area (Å²) in [6.45, 7) is 9.87. The summed E-state index contributed by atoms with van der Waals surface area (Å²) in [6, 6.07) is 5.47. The molecular formula is C21H31FN4O4. The molecule has 0 unspecified atom stereocenters. The number of amides is 3. The van der Waals surface area contributed by atoms with E-state index in [0.717, 1.165) is 0 Å². The van der Waals surface area contributed by atoms with Crippen molar-refractivity contribution in [1.29, 1.82) is 0 Å². The number of anilines is 1. The van der Waals surface area contributed by atoms with Crippen molar-refractivity contribution < 1.29 is 23.5 Å². The molecule has 30 heavy (non-hydrogen) atoms. The van der Waals surface area contributed by atoms with Gasteiger partial charge in [-0.15, -0.1) is 0 Å². The van der Waals surface area contributed by atoms with Crippen LogP contribution in [0.15, 0.2) is 24.3 Å². The number of piperazine rings is 1. The first-order chi connectivity index (χ1) is 14.1. The standard InChI is InChI=1S/C21H31FN4O4/c1-5-30-20(29)25-12-10-24(11-13-25)15-19(28)26(21(2,3)4)14-18(27)23-17-8-6-16(22)7-9-17/h6-9H,5,10-15H2,1-4H3,(H,23,27). The van der Waals surface area contributed by atoms with E-state index in [1.807, 2.05) is 25.7 Å². The lowest BCUT2D eigenvalue weighted by Crippen LogP contribution is -2.55. The molecule has 1 aliphatic heterocycles. The van der Waals surface area contributed by atoms with Gasteiger partial charge >= 0.3 is 6.09 Å². The second kappa shape index (κ2) is 10.4. The van der Waals surface area contributed by atoms with E-state index >= 15 is 0 Å². The minimum Gasteiger partial charge on any atom is -0.450 e. The quantitative estimate of drug-likeness (QED) is 0.760. The lowest BCUT2D eigenvalue weighted by Gasteiger charge is -2.38. The number of nitrogens with one attached hydrogen (secondary N) is 1. The van der Waals surface area contributed by atoms with E-state index in [1.165, 1.54) is 29.2 Å². The molecule has 166 valence electrons. The molecule has 1 aromatic rings. The van der Waals surface area contributed by atoms with Gasteiger partial charge in [0.1, 0.15) is 12.4 Å². The summed E-state index contributed by atoms with van der Waals surface area (Å²) in [7, 11) is 0. The monoisotopic (exact) mass is 422 g/mol. The average Bonchev–Trinajstić information content (AvgIpc) is 2.67. The van der Waals surface area contributed by atoms with Gasteiger partial charge in [-0.3, -0.25) is 14.5 Å². The fraction of sp³-hybridized carbons (Fsp3) is 0.571. The molecule has 1 saturated heterocycles. The summed E-state index contributed by atoms with van der Waals surface area (Å²) < 4.78 is 18.0. The van der Waals surface area contributed by atoms with E-state index in [2.05, 4.69) is 5.32 Å². The fourth-order valence-electron chi connectivity index (χ4n) is 3.16. The lowest BCUT2D eigenvalue weighted by molar-refractivity contribution is -0.140. The van der Waals surface area contributed by atoms with Crippen molar-refractivity contribution in [2.75, 3.05) is 51.2 Å². The molecule has 0 aliphatic carbocycles. The van der Waals surface area contributed by atoms with Crippen LogP contribution < -0.4 is 5.32 Å². The summed E-state index contributed by atoms with van der Waals surface area (Å²) in [5.41, 5.74) is -0.0814. The number of hydrogen-bond acceptors (Lipinski definition) is 5. The number of rotatable bonds is 6. The molecule has 0 bridgehead atoms. The zero-order chi connectivity index (χ0) is 22.3. The van der Waals surface area contributed by atoms with Crippen LogP contribution in [-0.4, -0.2) is 84.0 Å². The first-order valence-electron chi connectivity index (χ1n) is 10.1. The zero-order valence-corrected chi connectivity index (χ0v) is 18.1. The third-order valence-corrected chi connectivity index (χ3v) is 4.80. The molecule has 1 aliphatic rings. The Morgan fingerprint density at radius 3 is 2.23 bits per heavy atom. The Balaban J connectivity index is 1.92. The van der Waals surface area contributed by atoms with Crippen LogP contribution in [0.5, 0.6) is 0 Å². The van der Waals surface area contributed by atoms with Crippen LogP contribution >= 0.6 is 0 Å². The van der Waals surface area contributed by atoms with E-state index in [4.69, 9.17) is 4.74 Å². The van der Waals surface area contributed by atoms with E-state index in [9.17, 15) is 18.8 Å². The Morgan fingerprint density at radius 2 is 1.70 bits per heavy atom. The summed E-state index contributed by atoms with van der Waals surface area (Å²) in [4.78, 5) is 42.3. The number of carbonyl (C=O) groups excluding carboxylic acids is 3. The highest BCUT2D eigenvalue weighted by atomic mass is 19.1. The number of benzene rings is 1. The van der Waals surface area contributed by atoms with Crippen molar-refractivity contribution in [3.8, 4) is 0 Å². The molecule has 9 heteroatoms. The Bertz CT molecular complexity index is 740. The Hall–Kier alpha value is -2.68. The Kier molecular flexibility index (Phi) is 8.16. The number of ether oxygens (including phenoxy) is 1. The minimum atomic E-state index is -0.552. The number of hydrogen-bond donors (Lipinski definition) is 1. The highest BCUT2D eigenvalue weighted by Gasteiger charge is 2.31. The van der Waals surface area contributed by atoms with Crippen LogP contribution in [0, 0.1) is 5.82 Å². The number of nitrogens with zero attached hydrogens (tertiary/aromatic N) is 3. The molecule has 0 atom stereocenters. The highest BCUT2D eigenvalue weighted by molar-refractivity contribution is 5.95. The lowest BCUT2D eigenvalue weighted by atomic mass is 10.1. The van der Waals surface area contributed by atoms with E-state index in [-0.39, 0.29) is 36.8 Å².